The van der Waals surface area contributed by atoms with E-state index in [9.17, 15) is 0 Å². The fraction of sp³-hybridized carbons (Fsp3) is 0.0714. The zero-order chi connectivity index (χ0) is 19.7. The van der Waals surface area contributed by atoms with Gasteiger partial charge in [0.2, 0.25) is 0 Å². The molecule has 2 nitrogen and oxygen atoms in total. The highest BCUT2D eigenvalue weighted by atomic mass is 15.0. The predicted molar refractivity (Wildman–Crippen MR) is 126 cm³/mol. The van der Waals surface area contributed by atoms with Crippen LogP contribution in [0.5, 0.6) is 0 Å². The number of nitrogens with zero attached hydrogens (tertiary/aromatic N) is 1. The van der Waals surface area contributed by atoms with Crippen LogP contribution < -0.4 is 15.9 Å². The highest BCUT2D eigenvalue weighted by Crippen LogP contribution is 2.38. The van der Waals surface area contributed by atoms with Crippen LogP contribution in [0.25, 0.3) is 39.5 Å². The van der Waals surface area contributed by atoms with E-state index in [1.54, 1.807) is 0 Å². The van der Waals surface area contributed by atoms with E-state index in [1.807, 2.05) is 0 Å². The number of nitrogens with one attached hydrogen (secondary N) is 1. The van der Waals surface area contributed by atoms with Crippen molar-refractivity contribution in [1.82, 2.24) is 4.57 Å². The minimum Gasteiger partial charge on any atom is -0.378 e. The molecule has 0 amide bonds. The molecule has 2 unspecified atom stereocenters. The minimum absolute atomic E-state index is 0.285. The third kappa shape index (κ3) is 2.08. The Labute approximate surface area is 174 Å². The van der Waals surface area contributed by atoms with Crippen molar-refractivity contribution in [1.29, 1.82) is 0 Å². The molecule has 2 atom stereocenters. The molecule has 0 bridgehead atoms. The fourth-order valence-electron chi connectivity index (χ4n) is 5.37. The Kier molecular flexibility index (Phi) is 3.14. The Hall–Kier alpha value is -3.78. The molecule has 1 aromatic heterocycles. The summed E-state index contributed by atoms with van der Waals surface area (Å²) in [6.07, 6.45) is 4.93. The maximum absolute atomic E-state index is 3.74. The van der Waals surface area contributed by atoms with Crippen LogP contribution in [-0.2, 0) is 0 Å². The van der Waals surface area contributed by atoms with E-state index in [0.29, 0.717) is 5.92 Å². The van der Waals surface area contributed by atoms with Crippen LogP contribution in [0.4, 0.5) is 5.69 Å². The molecule has 0 saturated carbocycles. The van der Waals surface area contributed by atoms with Crippen molar-refractivity contribution in [3.05, 3.63) is 107 Å². The van der Waals surface area contributed by atoms with E-state index in [4.69, 9.17) is 0 Å². The Morgan fingerprint density at radius 2 is 1.50 bits per heavy atom. The van der Waals surface area contributed by atoms with Crippen LogP contribution in [0.3, 0.4) is 0 Å². The van der Waals surface area contributed by atoms with Crippen molar-refractivity contribution < 1.29 is 0 Å². The number of aromatic nitrogens is 1. The summed E-state index contributed by atoms with van der Waals surface area (Å²) in [5.74, 6) is 0.363. The first kappa shape index (κ1) is 16.1. The smallest absolute Gasteiger partial charge is 0.0572 e. The molecule has 0 fully saturated rings. The lowest BCUT2D eigenvalue weighted by atomic mass is 9.90. The van der Waals surface area contributed by atoms with Gasteiger partial charge in [-0.15, -0.1) is 0 Å². The van der Waals surface area contributed by atoms with Crippen molar-refractivity contribution in [3.63, 3.8) is 0 Å². The lowest BCUT2D eigenvalue weighted by molar-refractivity contribution is 0.860. The average molecular weight is 384 g/mol. The van der Waals surface area contributed by atoms with Crippen molar-refractivity contribution in [3.8, 4) is 5.69 Å². The van der Waals surface area contributed by atoms with Gasteiger partial charge in [-0.2, -0.15) is 0 Å². The van der Waals surface area contributed by atoms with Crippen molar-refractivity contribution >= 4 is 39.5 Å². The zero-order valence-corrected chi connectivity index (χ0v) is 16.4. The molecule has 30 heavy (non-hydrogen) atoms. The first-order chi connectivity index (χ1) is 14.9. The summed E-state index contributed by atoms with van der Waals surface area (Å²) in [4.78, 5) is 0. The second-order valence-electron chi connectivity index (χ2n) is 8.27. The molecule has 0 spiro atoms. The number of hydrogen-bond acceptors (Lipinski definition) is 1. The molecule has 2 heterocycles. The monoisotopic (exact) mass is 384 g/mol. The molecule has 4 aromatic carbocycles. The number of hydrogen-bond donors (Lipinski definition) is 1. The number of rotatable bonds is 1. The third-order valence-corrected chi connectivity index (χ3v) is 6.66. The summed E-state index contributed by atoms with van der Waals surface area (Å²) in [5.41, 5.74) is 5.12. The van der Waals surface area contributed by atoms with Gasteiger partial charge in [-0.3, -0.25) is 0 Å². The molecule has 1 N–H and O–H groups in total. The van der Waals surface area contributed by atoms with Crippen molar-refractivity contribution in [2.45, 2.75) is 12.0 Å². The number of benzene rings is 4. The quantitative estimate of drug-likeness (QED) is 0.433. The Morgan fingerprint density at radius 1 is 0.700 bits per heavy atom. The largest absolute Gasteiger partial charge is 0.378 e. The molecule has 0 radical (unpaired) electrons. The van der Waals surface area contributed by atoms with Gasteiger partial charge in [-0.1, -0.05) is 72.8 Å². The van der Waals surface area contributed by atoms with Gasteiger partial charge >= 0.3 is 0 Å². The standard InChI is InChI=1S/C28H20N2/c1-2-9-19(10-3-1)30-26-15-14-18-8-4-5-11-20(18)28(26)23-16-22-21-12-6-7-13-24(21)29-25(22)17-27(23)30/h1-17,22,25,29H. The molecule has 2 heteroatoms. The van der Waals surface area contributed by atoms with Gasteiger partial charge in [-0.05, 0) is 46.7 Å². The molecule has 0 saturated heterocycles. The van der Waals surface area contributed by atoms with Gasteiger partial charge in [0.15, 0.2) is 0 Å². The van der Waals surface area contributed by atoms with E-state index in [0.717, 1.165) is 0 Å². The van der Waals surface area contributed by atoms with Crippen LogP contribution in [0, 0.1) is 0 Å². The number of fused-ring (bicyclic) bond motifs is 8. The normalized spacial score (nSPS) is 18.8. The van der Waals surface area contributed by atoms with Gasteiger partial charge in [0.25, 0.3) is 0 Å². The van der Waals surface area contributed by atoms with Crippen LogP contribution in [-0.4, -0.2) is 10.6 Å². The summed E-state index contributed by atoms with van der Waals surface area (Å²) in [7, 11) is 0. The van der Waals surface area contributed by atoms with Crippen LogP contribution in [0.1, 0.15) is 11.5 Å². The van der Waals surface area contributed by atoms with Gasteiger partial charge in [0, 0.05) is 27.9 Å². The summed E-state index contributed by atoms with van der Waals surface area (Å²) in [6, 6.07) is 33.0. The third-order valence-electron chi connectivity index (χ3n) is 6.66. The molecule has 142 valence electrons. The van der Waals surface area contributed by atoms with Gasteiger partial charge in [0.1, 0.15) is 0 Å². The van der Waals surface area contributed by atoms with Crippen molar-refractivity contribution in [2.75, 3.05) is 5.32 Å². The average Bonchev–Trinajstić information content (AvgIpc) is 3.33. The van der Waals surface area contributed by atoms with E-state index in [2.05, 4.69) is 113 Å². The van der Waals surface area contributed by atoms with E-state index < -0.39 is 0 Å². The maximum atomic E-state index is 3.74. The molecular weight excluding hydrogens is 364 g/mol. The second-order valence-corrected chi connectivity index (χ2v) is 8.27. The molecule has 1 aliphatic heterocycles. The SMILES string of the molecule is C1=c2c(n(-c3ccccc3)c3ccc4ccccc4c23)=CC2Nc3ccccc3C12. The Balaban J connectivity index is 1.66. The van der Waals surface area contributed by atoms with Crippen LogP contribution in [0.15, 0.2) is 91.0 Å². The second kappa shape index (κ2) is 5.87. The topological polar surface area (TPSA) is 17.0 Å². The number of anilines is 1. The minimum atomic E-state index is 0.285. The highest BCUT2D eigenvalue weighted by Gasteiger charge is 2.31. The van der Waals surface area contributed by atoms with Crippen LogP contribution in [0.2, 0.25) is 0 Å². The first-order valence-electron chi connectivity index (χ1n) is 10.6. The highest BCUT2D eigenvalue weighted by molar-refractivity contribution is 6.08. The summed E-state index contributed by atoms with van der Waals surface area (Å²) in [5, 5.41) is 10.3. The lowest BCUT2D eigenvalue weighted by Gasteiger charge is -2.17. The molecule has 1 aliphatic carbocycles. The van der Waals surface area contributed by atoms with E-state index >= 15 is 0 Å². The summed E-state index contributed by atoms with van der Waals surface area (Å²) < 4.78 is 2.43. The maximum Gasteiger partial charge on any atom is 0.0572 e. The molecule has 2 aliphatic rings. The fourth-order valence-corrected chi connectivity index (χ4v) is 5.37. The van der Waals surface area contributed by atoms with Crippen molar-refractivity contribution in [2.24, 2.45) is 0 Å². The molecule has 7 rings (SSSR count). The predicted octanol–water partition coefficient (Wildman–Crippen LogP) is 4.94. The van der Waals surface area contributed by atoms with Crippen LogP contribution >= 0.6 is 0 Å². The van der Waals surface area contributed by atoms with E-state index in [1.165, 1.54) is 49.2 Å². The van der Waals surface area contributed by atoms with E-state index in [-0.39, 0.29) is 6.04 Å². The van der Waals surface area contributed by atoms with Gasteiger partial charge in [-0.25, -0.2) is 0 Å². The Bertz CT molecular complexity index is 1570. The summed E-state index contributed by atoms with van der Waals surface area (Å²) >= 11 is 0. The zero-order valence-electron chi connectivity index (χ0n) is 16.4. The Morgan fingerprint density at radius 3 is 2.43 bits per heavy atom. The molecular formula is C28H20N2. The summed E-state index contributed by atoms with van der Waals surface area (Å²) in [6.45, 7) is 0. The number of para-hydroxylation sites is 2. The van der Waals surface area contributed by atoms with Gasteiger partial charge < -0.3 is 9.88 Å². The lowest BCUT2D eigenvalue weighted by Crippen LogP contribution is -2.37. The molecule has 5 aromatic rings. The van der Waals surface area contributed by atoms with Gasteiger partial charge in [0.05, 0.1) is 16.9 Å². The first-order valence-corrected chi connectivity index (χ1v) is 10.6.